The van der Waals surface area contributed by atoms with E-state index in [1.54, 1.807) is 36.7 Å². The minimum Gasteiger partial charge on any atom is -0.266 e. The summed E-state index contributed by atoms with van der Waals surface area (Å²) in [5.74, 6) is 0. The van der Waals surface area contributed by atoms with Crippen molar-refractivity contribution in [2.45, 2.75) is 11.4 Å². The maximum atomic E-state index is 12.5. The van der Waals surface area contributed by atoms with E-state index in [0.29, 0.717) is 12.1 Å². The second-order valence-corrected chi connectivity index (χ2v) is 7.06. The molecule has 1 heterocycles. The summed E-state index contributed by atoms with van der Waals surface area (Å²) in [5, 5.41) is 4.36. The molecular formula is C18H15ClN2O2S. The van der Waals surface area contributed by atoms with Crippen LogP contribution in [0.4, 0.5) is 0 Å². The lowest BCUT2D eigenvalue weighted by Gasteiger charge is -2.09. The van der Waals surface area contributed by atoms with Crippen molar-refractivity contribution < 1.29 is 4.21 Å². The van der Waals surface area contributed by atoms with E-state index in [-0.39, 0.29) is 10.6 Å². The number of hydrogen-bond donors (Lipinski definition) is 0. The fourth-order valence-electron chi connectivity index (χ4n) is 2.36. The molecule has 6 heteroatoms. The van der Waals surface area contributed by atoms with E-state index < -0.39 is 10.8 Å². The van der Waals surface area contributed by atoms with Gasteiger partial charge in [-0.2, -0.15) is 5.10 Å². The third-order valence-corrected chi connectivity index (χ3v) is 4.96. The topological polar surface area (TPSA) is 52.0 Å². The molecule has 0 saturated carbocycles. The first kappa shape index (κ1) is 16.6. The smallest absolute Gasteiger partial charge is 0.266 e. The van der Waals surface area contributed by atoms with Crippen LogP contribution in [0.1, 0.15) is 5.56 Å². The van der Waals surface area contributed by atoms with E-state index in [2.05, 4.69) is 5.10 Å². The Morgan fingerprint density at radius 3 is 2.38 bits per heavy atom. The van der Waals surface area contributed by atoms with Gasteiger partial charge in [0.25, 0.3) is 5.56 Å². The van der Waals surface area contributed by atoms with Gasteiger partial charge >= 0.3 is 0 Å². The van der Waals surface area contributed by atoms with Crippen LogP contribution in [0.5, 0.6) is 0 Å². The second kappa shape index (κ2) is 7.11. The zero-order valence-electron chi connectivity index (χ0n) is 13.0. The van der Waals surface area contributed by atoms with E-state index >= 15 is 0 Å². The van der Waals surface area contributed by atoms with Crippen LogP contribution >= 0.6 is 11.6 Å². The minimum absolute atomic E-state index is 0.131. The Morgan fingerprint density at radius 1 is 1.08 bits per heavy atom. The number of hydrogen-bond acceptors (Lipinski definition) is 3. The number of aromatic nitrogens is 2. The highest BCUT2D eigenvalue weighted by Gasteiger charge is 2.11. The van der Waals surface area contributed by atoms with Crippen molar-refractivity contribution in [3.8, 4) is 11.1 Å². The molecule has 122 valence electrons. The molecular weight excluding hydrogens is 344 g/mol. The van der Waals surface area contributed by atoms with Crippen molar-refractivity contribution in [1.82, 2.24) is 9.78 Å². The van der Waals surface area contributed by atoms with Crippen LogP contribution in [0.15, 0.2) is 70.5 Å². The summed E-state index contributed by atoms with van der Waals surface area (Å²) in [6.45, 7) is 0.368. The summed E-state index contributed by atoms with van der Waals surface area (Å²) in [6, 6.07) is 16.7. The van der Waals surface area contributed by atoms with Crippen LogP contribution in [0.3, 0.4) is 0 Å². The van der Waals surface area contributed by atoms with Crippen LogP contribution in [-0.2, 0) is 17.3 Å². The molecule has 4 nitrogen and oxygen atoms in total. The molecule has 0 bridgehead atoms. The normalized spacial score (nSPS) is 12.1. The predicted octanol–water partition coefficient (Wildman–Crippen LogP) is 3.35. The molecule has 0 amide bonds. The van der Waals surface area contributed by atoms with Gasteiger partial charge in [0.15, 0.2) is 0 Å². The maximum Gasteiger partial charge on any atom is 0.286 e. The van der Waals surface area contributed by atoms with Gasteiger partial charge in [-0.1, -0.05) is 54.1 Å². The van der Waals surface area contributed by atoms with Gasteiger partial charge in [0.05, 0.1) is 12.7 Å². The third-order valence-electron chi connectivity index (χ3n) is 3.66. The molecule has 0 aliphatic heterocycles. The zero-order chi connectivity index (χ0) is 17.1. The van der Waals surface area contributed by atoms with Crippen molar-refractivity contribution in [2.75, 3.05) is 6.26 Å². The van der Waals surface area contributed by atoms with Gasteiger partial charge in [-0.05, 0) is 23.3 Å². The molecule has 3 aromatic rings. The van der Waals surface area contributed by atoms with Gasteiger partial charge in [0.1, 0.15) is 5.02 Å². The van der Waals surface area contributed by atoms with Crippen molar-refractivity contribution in [3.63, 3.8) is 0 Å². The van der Waals surface area contributed by atoms with E-state index in [1.165, 1.54) is 4.68 Å². The summed E-state index contributed by atoms with van der Waals surface area (Å²) in [7, 11) is -1.04. The average molecular weight is 359 g/mol. The van der Waals surface area contributed by atoms with E-state index in [1.807, 2.05) is 30.3 Å². The standard InChI is InChI=1S/C18H15ClN2O2S/c1-24(23)15-9-7-14(8-10-15)16-11-20-21(18(22)17(16)19)12-13-5-3-2-4-6-13/h2-11H,12H2,1H3. The summed E-state index contributed by atoms with van der Waals surface area (Å²) in [4.78, 5) is 13.2. The molecule has 0 fully saturated rings. The van der Waals surface area contributed by atoms with E-state index in [4.69, 9.17) is 11.6 Å². The Balaban J connectivity index is 1.95. The molecule has 0 N–H and O–H groups in total. The Morgan fingerprint density at radius 2 is 1.75 bits per heavy atom. The molecule has 3 rings (SSSR count). The third kappa shape index (κ3) is 3.47. The molecule has 0 spiro atoms. The molecule has 0 aliphatic rings. The van der Waals surface area contributed by atoms with Gasteiger partial charge in [0, 0.05) is 27.5 Å². The molecule has 1 atom stereocenters. The van der Waals surface area contributed by atoms with Crippen LogP contribution in [0.25, 0.3) is 11.1 Å². The monoisotopic (exact) mass is 358 g/mol. The molecule has 1 aromatic heterocycles. The van der Waals surface area contributed by atoms with Crippen molar-refractivity contribution in [2.24, 2.45) is 0 Å². The van der Waals surface area contributed by atoms with Crippen molar-refractivity contribution >= 4 is 22.4 Å². The van der Waals surface area contributed by atoms with Gasteiger partial charge in [-0.25, -0.2) is 4.68 Å². The highest BCUT2D eigenvalue weighted by atomic mass is 35.5. The van der Waals surface area contributed by atoms with Gasteiger partial charge in [-0.3, -0.25) is 9.00 Å². The first-order valence-electron chi connectivity index (χ1n) is 7.29. The molecule has 0 radical (unpaired) electrons. The largest absolute Gasteiger partial charge is 0.286 e. The highest BCUT2D eigenvalue weighted by molar-refractivity contribution is 7.84. The SMILES string of the molecule is CS(=O)c1ccc(-c2cnn(Cc3ccccc3)c(=O)c2Cl)cc1. The number of nitrogens with zero attached hydrogens (tertiary/aromatic N) is 2. The van der Waals surface area contributed by atoms with Gasteiger partial charge < -0.3 is 0 Å². The molecule has 1 unspecified atom stereocenters. The lowest BCUT2D eigenvalue weighted by atomic mass is 10.1. The molecule has 24 heavy (non-hydrogen) atoms. The fourth-order valence-corrected chi connectivity index (χ4v) is 3.14. The predicted molar refractivity (Wildman–Crippen MR) is 96.8 cm³/mol. The van der Waals surface area contributed by atoms with E-state index in [9.17, 15) is 9.00 Å². The number of rotatable bonds is 4. The summed E-state index contributed by atoms with van der Waals surface area (Å²) < 4.78 is 12.8. The summed E-state index contributed by atoms with van der Waals surface area (Å²) in [6.07, 6.45) is 3.21. The van der Waals surface area contributed by atoms with Crippen molar-refractivity contribution in [3.05, 3.63) is 81.7 Å². The van der Waals surface area contributed by atoms with E-state index in [0.717, 1.165) is 16.0 Å². The van der Waals surface area contributed by atoms with Crippen LogP contribution in [0.2, 0.25) is 5.02 Å². The number of halogens is 1. The molecule has 2 aromatic carbocycles. The Labute approximate surface area is 147 Å². The Hall–Kier alpha value is -2.24. The Kier molecular flexibility index (Phi) is 4.92. The quantitative estimate of drug-likeness (QED) is 0.718. The second-order valence-electron chi connectivity index (χ2n) is 5.30. The minimum atomic E-state index is -1.04. The fraction of sp³-hybridized carbons (Fsp3) is 0.111. The van der Waals surface area contributed by atoms with Gasteiger partial charge in [0.2, 0.25) is 0 Å². The van der Waals surface area contributed by atoms with Crippen LogP contribution in [0, 0.1) is 0 Å². The Bertz CT molecular complexity index is 937. The van der Waals surface area contributed by atoms with Crippen LogP contribution in [-0.4, -0.2) is 20.2 Å². The molecule has 0 saturated heterocycles. The first-order chi connectivity index (χ1) is 11.6. The highest BCUT2D eigenvalue weighted by Crippen LogP contribution is 2.25. The maximum absolute atomic E-state index is 12.5. The zero-order valence-corrected chi connectivity index (χ0v) is 14.6. The lowest BCUT2D eigenvalue weighted by Crippen LogP contribution is -2.24. The van der Waals surface area contributed by atoms with Crippen LogP contribution < -0.4 is 5.56 Å². The average Bonchev–Trinajstić information content (AvgIpc) is 2.60. The first-order valence-corrected chi connectivity index (χ1v) is 9.23. The van der Waals surface area contributed by atoms with Crippen molar-refractivity contribution in [1.29, 1.82) is 0 Å². The molecule has 0 aliphatic carbocycles. The summed E-state index contributed by atoms with van der Waals surface area (Å²) in [5.41, 5.74) is 1.98. The lowest BCUT2D eigenvalue weighted by molar-refractivity contribution is 0.640. The number of benzene rings is 2. The van der Waals surface area contributed by atoms with Gasteiger partial charge in [-0.15, -0.1) is 0 Å². The summed E-state index contributed by atoms with van der Waals surface area (Å²) >= 11 is 6.27.